The molecule has 0 N–H and O–H groups in total. The lowest BCUT2D eigenvalue weighted by molar-refractivity contribution is 0.771. The second-order valence-corrected chi connectivity index (χ2v) is 14.9. The van der Waals surface area contributed by atoms with Gasteiger partial charge in [0.05, 0.1) is 38.5 Å². The van der Waals surface area contributed by atoms with Crippen molar-refractivity contribution < 1.29 is 0 Å². The van der Waals surface area contributed by atoms with Gasteiger partial charge in [-0.25, -0.2) is 9.97 Å². The van der Waals surface area contributed by atoms with Crippen molar-refractivity contribution in [3.8, 4) is 11.1 Å². The number of fused-ring (bicyclic) bond motifs is 19. The van der Waals surface area contributed by atoms with Crippen molar-refractivity contribution in [3.05, 3.63) is 204 Å². The summed E-state index contributed by atoms with van der Waals surface area (Å²) in [5, 5.41) is 7.12. The Labute approximate surface area is 315 Å². The number of hydrogen-bond acceptors (Lipinski definition) is 2. The molecule has 12 aromatic rings. The van der Waals surface area contributed by atoms with Crippen molar-refractivity contribution in [2.45, 2.75) is 5.41 Å². The predicted octanol–water partition coefficient (Wildman–Crippen LogP) is 12.3. The Kier molecular flexibility index (Phi) is 5.54. The first-order chi connectivity index (χ1) is 27.3. The van der Waals surface area contributed by atoms with Gasteiger partial charge in [0.1, 0.15) is 11.3 Å². The molecule has 0 saturated heterocycles. The molecule has 0 unspecified atom stereocenters. The maximum Gasteiger partial charge on any atom is 0.146 e. The first-order valence-corrected chi connectivity index (χ1v) is 18.9. The number of aromatic nitrogens is 4. The molecule has 8 aromatic carbocycles. The fourth-order valence-electron chi connectivity index (χ4n) is 10.1. The van der Waals surface area contributed by atoms with Crippen molar-refractivity contribution in [2.75, 3.05) is 0 Å². The highest BCUT2D eigenvalue weighted by molar-refractivity contribution is 6.16. The molecule has 0 atom stereocenters. The van der Waals surface area contributed by atoms with Gasteiger partial charge in [-0.2, -0.15) is 0 Å². The van der Waals surface area contributed by atoms with Crippen LogP contribution in [0.25, 0.3) is 87.8 Å². The van der Waals surface area contributed by atoms with Gasteiger partial charge in [-0.05, 0) is 92.7 Å². The Morgan fingerprint density at radius 2 is 0.727 bits per heavy atom. The van der Waals surface area contributed by atoms with E-state index in [0.29, 0.717) is 0 Å². The lowest BCUT2D eigenvalue weighted by Gasteiger charge is -2.34. The third kappa shape index (κ3) is 3.61. The van der Waals surface area contributed by atoms with Crippen LogP contribution < -0.4 is 0 Å². The van der Waals surface area contributed by atoms with Gasteiger partial charge >= 0.3 is 0 Å². The molecular formula is C51H30N4. The molecule has 0 bridgehead atoms. The van der Waals surface area contributed by atoms with E-state index in [4.69, 9.17) is 9.97 Å². The minimum Gasteiger partial charge on any atom is -0.292 e. The minimum atomic E-state index is -0.612. The number of pyridine rings is 2. The standard InChI is InChI=1S/C51H30N4/c1-5-17-41-35(13-1)36-14-2-6-18-42(36)51(41,31-25-27-33-37-15-3-9-21-45(37)54-47-23-11-7-19-43(47)52-49(54)39(33)29-31)32-26-28-34-38-16-4-10-22-46(38)55-48-24-12-8-20-44(48)53-50(55)40(34)30-32/h1-30H. The molecule has 0 fully saturated rings. The maximum atomic E-state index is 5.32. The average molecular weight is 699 g/mol. The van der Waals surface area contributed by atoms with Crippen LogP contribution in [0.3, 0.4) is 0 Å². The van der Waals surface area contributed by atoms with Crippen LogP contribution in [0.15, 0.2) is 182 Å². The Morgan fingerprint density at radius 3 is 1.22 bits per heavy atom. The summed E-state index contributed by atoms with van der Waals surface area (Å²) < 4.78 is 4.70. The van der Waals surface area contributed by atoms with Crippen LogP contribution in [0, 0.1) is 0 Å². The summed E-state index contributed by atoms with van der Waals surface area (Å²) in [7, 11) is 0. The van der Waals surface area contributed by atoms with Crippen molar-refractivity contribution in [1.82, 2.24) is 18.8 Å². The van der Waals surface area contributed by atoms with E-state index in [1.807, 2.05) is 0 Å². The molecule has 4 heterocycles. The van der Waals surface area contributed by atoms with Crippen LogP contribution in [0.5, 0.6) is 0 Å². The van der Waals surface area contributed by atoms with E-state index < -0.39 is 5.41 Å². The van der Waals surface area contributed by atoms with Crippen LogP contribution >= 0.6 is 0 Å². The summed E-state index contributed by atoms with van der Waals surface area (Å²) in [6.45, 7) is 0. The van der Waals surface area contributed by atoms with Gasteiger partial charge in [0.25, 0.3) is 0 Å². The number of imidazole rings is 2. The van der Waals surface area contributed by atoms with Crippen molar-refractivity contribution in [1.29, 1.82) is 0 Å². The number of nitrogens with zero attached hydrogens (tertiary/aromatic N) is 4. The number of benzene rings is 8. The van der Waals surface area contributed by atoms with Crippen LogP contribution in [-0.4, -0.2) is 18.8 Å². The fraction of sp³-hybridized carbons (Fsp3) is 0.0196. The topological polar surface area (TPSA) is 34.6 Å². The van der Waals surface area contributed by atoms with E-state index in [-0.39, 0.29) is 0 Å². The van der Waals surface area contributed by atoms with E-state index >= 15 is 0 Å². The first-order valence-electron chi connectivity index (χ1n) is 18.9. The van der Waals surface area contributed by atoms with E-state index in [0.717, 1.165) is 55.2 Å². The minimum absolute atomic E-state index is 0.612. The number of hydrogen-bond donors (Lipinski definition) is 0. The Morgan fingerprint density at radius 1 is 0.327 bits per heavy atom. The molecule has 4 aromatic heterocycles. The highest BCUT2D eigenvalue weighted by atomic mass is 15.0. The summed E-state index contributed by atoms with van der Waals surface area (Å²) in [5.74, 6) is 0. The van der Waals surface area contributed by atoms with Crippen molar-refractivity contribution in [3.63, 3.8) is 0 Å². The van der Waals surface area contributed by atoms with Crippen LogP contribution in [-0.2, 0) is 5.41 Å². The summed E-state index contributed by atoms with van der Waals surface area (Å²) in [4.78, 5) is 10.6. The summed E-state index contributed by atoms with van der Waals surface area (Å²) >= 11 is 0. The Bertz CT molecular complexity index is 3380. The SMILES string of the molecule is c1ccc2c(c1)-c1ccccc1C2(c1ccc2c3ccccc3n3c4ccccc4nc3c2c1)c1ccc2c3ccccc3n3c4ccccc4nc3c2c1. The molecule has 4 heteroatoms. The Hall–Kier alpha value is -7.30. The molecular weight excluding hydrogens is 669 g/mol. The van der Waals surface area contributed by atoms with Crippen LogP contribution in [0.1, 0.15) is 22.3 Å². The van der Waals surface area contributed by atoms with Gasteiger partial charge in [-0.15, -0.1) is 0 Å². The molecule has 0 aliphatic heterocycles. The molecule has 4 nitrogen and oxygen atoms in total. The van der Waals surface area contributed by atoms with Gasteiger partial charge in [0.2, 0.25) is 0 Å². The van der Waals surface area contributed by atoms with E-state index in [1.54, 1.807) is 0 Å². The third-order valence-corrected chi connectivity index (χ3v) is 12.3. The normalized spacial score (nSPS) is 13.6. The van der Waals surface area contributed by atoms with Crippen molar-refractivity contribution >= 4 is 76.7 Å². The third-order valence-electron chi connectivity index (χ3n) is 12.3. The molecule has 254 valence electrons. The lowest BCUT2D eigenvalue weighted by Crippen LogP contribution is -2.28. The molecule has 0 amide bonds. The largest absolute Gasteiger partial charge is 0.292 e. The molecule has 1 aliphatic carbocycles. The summed E-state index contributed by atoms with van der Waals surface area (Å²) in [6.07, 6.45) is 0. The smallest absolute Gasteiger partial charge is 0.146 e. The summed E-state index contributed by atoms with van der Waals surface area (Å²) in [5.41, 5.74) is 15.4. The summed E-state index contributed by atoms with van der Waals surface area (Å²) in [6, 6.07) is 66.7. The second-order valence-electron chi connectivity index (χ2n) is 14.9. The zero-order valence-corrected chi connectivity index (χ0v) is 29.6. The van der Waals surface area contributed by atoms with E-state index in [2.05, 4.69) is 191 Å². The van der Waals surface area contributed by atoms with Crippen LogP contribution in [0.4, 0.5) is 0 Å². The number of para-hydroxylation sites is 6. The van der Waals surface area contributed by atoms with Crippen LogP contribution in [0.2, 0.25) is 0 Å². The highest BCUT2D eigenvalue weighted by Gasteiger charge is 2.46. The molecule has 55 heavy (non-hydrogen) atoms. The number of rotatable bonds is 2. The zero-order valence-electron chi connectivity index (χ0n) is 29.6. The molecule has 0 spiro atoms. The molecule has 1 aliphatic rings. The lowest BCUT2D eigenvalue weighted by atomic mass is 9.67. The van der Waals surface area contributed by atoms with Gasteiger partial charge in [0, 0.05) is 21.5 Å². The molecule has 0 radical (unpaired) electrons. The highest BCUT2D eigenvalue weighted by Crippen LogP contribution is 2.57. The zero-order chi connectivity index (χ0) is 35.8. The average Bonchev–Trinajstić information content (AvgIpc) is 3.93. The molecule has 0 saturated carbocycles. The van der Waals surface area contributed by atoms with E-state index in [9.17, 15) is 0 Å². The van der Waals surface area contributed by atoms with E-state index in [1.165, 1.54) is 54.9 Å². The Balaban J connectivity index is 1.21. The molecule has 13 rings (SSSR count). The van der Waals surface area contributed by atoms with Gasteiger partial charge in [0.15, 0.2) is 0 Å². The monoisotopic (exact) mass is 698 g/mol. The van der Waals surface area contributed by atoms with Crippen molar-refractivity contribution in [2.24, 2.45) is 0 Å². The van der Waals surface area contributed by atoms with Gasteiger partial charge in [-0.1, -0.05) is 133 Å². The van der Waals surface area contributed by atoms with Gasteiger partial charge in [-0.3, -0.25) is 8.80 Å². The quantitative estimate of drug-likeness (QED) is 0.168. The maximum absolute atomic E-state index is 5.32. The predicted molar refractivity (Wildman–Crippen MR) is 226 cm³/mol. The first kappa shape index (κ1) is 29.2. The second kappa shape index (κ2) is 10.4. The fourth-order valence-corrected chi connectivity index (χ4v) is 10.1. The van der Waals surface area contributed by atoms with Gasteiger partial charge < -0.3 is 0 Å².